The maximum atomic E-state index is 9.65. The average molecular weight is 255 g/mol. The van der Waals surface area contributed by atoms with Crippen LogP contribution in [0.4, 0.5) is 5.69 Å². The van der Waals surface area contributed by atoms with E-state index in [2.05, 4.69) is 0 Å². The molecule has 0 unspecified atom stereocenters. The zero-order chi connectivity index (χ0) is 13.0. The molecule has 0 aliphatic rings. The van der Waals surface area contributed by atoms with Gasteiger partial charge in [-0.15, -0.1) is 12.6 Å². The van der Waals surface area contributed by atoms with Crippen molar-refractivity contribution in [3.05, 3.63) is 35.9 Å². The number of phenols is 1. The minimum absolute atomic E-state index is 0. The number of nitrogen functional groups attached to an aromatic ring is 1. The highest BCUT2D eigenvalue weighted by atomic mass is 32.2. The predicted octanol–water partition coefficient (Wildman–Crippen LogP) is 1.68. The molecule has 0 amide bonds. The molecule has 0 bridgehead atoms. The van der Waals surface area contributed by atoms with E-state index in [4.69, 9.17) is 18.4 Å². The summed E-state index contributed by atoms with van der Waals surface area (Å²) < 4.78 is 25.3. The van der Waals surface area contributed by atoms with Gasteiger partial charge in [0, 0.05) is 12.5 Å². The van der Waals surface area contributed by atoms with Gasteiger partial charge in [0.2, 0.25) is 0 Å². The molecule has 0 aromatic heterocycles. The summed E-state index contributed by atoms with van der Waals surface area (Å²) in [5.74, 6) is 0.258. The summed E-state index contributed by atoms with van der Waals surface area (Å²) in [5, 5.41) is 11.4. The van der Waals surface area contributed by atoms with Crippen LogP contribution in [0.25, 0.3) is 10.8 Å². The molecule has 2 aromatic carbocycles. The molecule has 6 heteroatoms. The van der Waals surface area contributed by atoms with Crippen LogP contribution >= 0.6 is 0 Å². The SMILES string of the molecule is Cc1cc(O)c2c(N)cccc2c1.O=S(=O)=O.[HH]. The van der Waals surface area contributed by atoms with Crippen molar-refractivity contribution < 1.29 is 19.2 Å². The third-order valence-corrected chi connectivity index (χ3v) is 2.13. The summed E-state index contributed by atoms with van der Waals surface area (Å²) in [6, 6.07) is 9.34. The van der Waals surface area contributed by atoms with Gasteiger partial charge in [-0.25, -0.2) is 0 Å². The number of rotatable bonds is 0. The van der Waals surface area contributed by atoms with Gasteiger partial charge in [-0.2, -0.15) is 0 Å². The van der Waals surface area contributed by atoms with Crippen molar-refractivity contribution in [3.63, 3.8) is 0 Å². The van der Waals surface area contributed by atoms with E-state index in [-0.39, 0.29) is 7.18 Å². The van der Waals surface area contributed by atoms with Gasteiger partial charge in [0.05, 0.1) is 0 Å². The van der Waals surface area contributed by atoms with Crippen LogP contribution in [0.3, 0.4) is 0 Å². The van der Waals surface area contributed by atoms with E-state index in [1.54, 1.807) is 12.1 Å². The van der Waals surface area contributed by atoms with Crippen molar-refractivity contribution in [2.24, 2.45) is 0 Å². The molecular formula is C11H13NO4S. The monoisotopic (exact) mass is 255 g/mol. The maximum Gasteiger partial charge on any atom is 0.425 e. The van der Waals surface area contributed by atoms with E-state index in [1.807, 2.05) is 25.1 Å². The summed E-state index contributed by atoms with van der Waals surface area (Å²) in [7, 11) is -3.11. The number of benzene rings is 2. The fraction of sp³-hybridized carbons (Fsp3) is 0.0909. The number of aromatic hydroxyl groups is 1. The van der Waals surface area contributed by atoms with Crippen molar-refractivity contribution in [1.29, 1.82) is 0 Å². The van der Waals surface area contributed by atoms with Gasteiger partial charge in [-0.05, 0) is 30.0 Å². The van der Waals surface area contributed by atoms with Gasteiger partial charge in [-0.1, -0.05) is 18.2 Å². The van der Waals surface area contributed by atoms with Gasteiger partial charge in [-0.3, -0.25) is 0 Å². The molecule has 0 heterocycles. The van der Waals surface area contributed by atoms with Crippen molar-refractivity contribution in [3.8, 4) is 5.75 Å². The van der Waals surface area contributed by atoms with Crippen molar-refractivity contribution >= 4 is 27.1 Å². The van der Waals surface area contributed by atoms with Crippen LogP contribution in [0.2, 0.25) is 0 Å². The van der Waals surface area contributed by atoms with E-state index >= 15 is 0 Å². The fourth-order valence-electron chi connectivity index (χ4n) is 1.58. The van der Waals surface area contributed by atoms with Crippen LogP contribution < -0.4 is 5.73 Å². The molecule has 0 aliphatic heterocycles. The molecule has 3 N–H and O–H groups in total. The summed E-state index contributed by atoms with van der Waals surface area (Å²) in [6.45, 7) is 1.95. The minimum atomic E-state index is -3.11. The number of hydrogen-bond donors (Lipinski definition) is 2. The Balaban J connectivity index is 0.000000512. The lowest BCUT2D eigenvalue weighted by molar-refractivity contribution is 0.481. The van der Waals surface area contributed by atoms with E-state index in [0.29, 0.717) is 5.69 Å². The number of phenolic OH excluding ortho intramolecular Hbond substituents is 1. The molecule has 0 spiro atoms. The number of hydrogen-bond acceptors (Lipinski definition) is 5. The summed E-state index contributed by atoms with van der Waals surface area (Å²) in [5.41, 5.74) is 7.41. The molecule has 2 aromatic rings. The highest BCUT2D eigenvalue weighted by Gasteiger charge is 2.03. The Labute approximate surface area is 101 Å². The second-order valence-electron chi connectivity index (χ2n) is 3.43. The Hall–Kier alpha value is -2.08. The Bertz CT molecular complexity index is 648. The smallest absolute Gasteiger partial charge is 0.425 e. The van der Waals surface area contributed by atoms with Crippen LogP contribution in [-0.4, -0.2) is 17.7 Å². The quantitative estimate of drug-likeness (QED) is 0.698. The molecule has 0 radical (unpaired) electrons. The molecule has 92 valence electrons. The molecule has 0 saturated heterocycles. The third-order valence-electron chi connectivity index (χ3n) is 2.13. The van der Waals surface area contributed by atoms with Gasteiger partial charge < -0.3 is 10.8 Å². The first-order valence-electron chi connectivity index (χ1n) is 4.66. The first-order chi connectivity index (χ1) is 7.91. The van der Waals surface area contributed by atoms with E-state index in [9.17, 15) is 5.11 Å². The Morgan fingerprint density at radius 1 is 1.24 bits per heavy atom. The van der Waals surface area contributed by atoms with Crippen molar-refractivity contribution in [1.82, 2.24) is 0 Å². The van der Waals surface area contributed by atoms with Crippen LogP contribution in [0.1, 0.15) is 6.99 Å². The lowest BCUT2D eigenvalue weighted by atomic mass is 10.1. The first-order valence-corrected chi connectivity index (χ1v) is 5.66. The van der Waals surface area contributed by atoms with Crippen LogP contribution in [0.15, 0.2) is 30.3 Å². The second-order valence-corrected chi connectivity index (χ2v) is 3.84. The topological polar surface area (TPSA) is 97.5 Å². The van der Waals surface area contributed by atoms with Gasteiger partial charge >= 0.3 is 10.6 Å². The summed E-state index contributed by atoms with van der Waals surface area (Å²) >= 11 is 0. The Morgan fingerprint density at radius 2 is 1.82 bits per heavy atom. The van der Waals surface area contributed by atoms with E-state index in [0.717, 1.165) is 16.3 Å². The predicted molar refractivity (Wildman–Crippen MR) is 66.6 cm³/mol. The molecule has 17 heavy (non-hydrogen) atoms. The largest absolute Gasteiger partial charge is 0.507 e. The lowest BCUT2D eigenvalue weighted by Crippen LogP contribution is -1.87. The summed E-state index contributed by atoms with van der Waals surface area (Å²) in [6.07, 6.45) is 0. The van der Waals surface area contributed by atoms with Crippen molar-refractivity contribution in [2.45, 2.75) is 6.92 Å². The number of anilines is 1. The molecule has 0 fully saturated rings. The summed E-state index contributed by atoms with van der Waals surface area (Å²) in [4.78, 5) is 0. The number of aryl methyl sites for hydroxylation is 1. The number of nitrogens with two attached hydrogens (primary N) is 1. The van der Waals surface area contributed by atoms with Crippen LogP contribution in [0, 0.1) is 6.92 Å². The molecular weight excluding hydrogens is 242 g/mol. The van der Waals surface area contributed by atoms with Gasteiger partial charge in [0.15, 0.2) is 0 Å². The van der Waals surface area contributed by atoms with E-state index < -0.39 is 10.6 Å². The molecule has 0 aliphatic carbocycles. The normalized spacial score (nSPS) is 9.47. The zero-order valence-electron chi connectivity index (χ0n) is 9.04. The van der Waals surface area contributed by atoms with Crippen LogP contribution in [-0.2, 0) is 10.6 Å². The molecule has 2 rings (SSSR count). The highest BCUT2D eigenvalue weighted by Crippen LogP contribution is 2.30. The molecule has 5 nitrogen and oxygen atoms in total. The third kappa shape index (κ3) is 3.46. The van der Waals surface area contributed by atoms with E-state index in [1.165, 1.54) is 0 Å². The van der Waals surface area contributed by atoms with Crippen molar-refractivity contribution in [2.75, 3.05) is 5.73 Å². The molecule has 0 saturated carbocycles. The zero-order valence-corrected chi connectivity index (χ0v) is 9.86. The van der Waals surface area contributed by atoms with Crippen LogP contribution in [0.5, 0.6) is 5.75 Å². The minimum Gasteiger partial charge on any atom is -0.507 e. The Kier molecular flexibility index (Phi) is 4.06. The van der Waals surface area contributed by atoms with Gasteiger partial charge in [0.25, 0.3) is 0 Å². The number of fused-ring (bicyclic) bond motifs is 1. The lowest BCUT2D eigenvalue weighted by Gasteiger charge is -2.05. The second kappa shape index (κ2) is 5.31. The standard InChI is InChI=1S/C11H11NO.O3S.H2/c1-7-5-8-3-2-4-9(12)11(8)10(13)6-7;1-4(2)3;/h2-6,13H,12H2,1H3;;1H. The maximum absolute atomic E-state index is 9.65. The molecule has 0 atom stereocenters. The fourth-order valence-corrected chi connectivity index (χ4v) is 1.58. The first kappa shape index (κ1) is 13.0. The Morgan fingerprint density at radius 3 is 2.41 bits per heavy atom. The highest BCUT2D eigenvalue weighted by molar-refractivity contribution is 7.59. The van der Waals surface area contributed by atoms with Gasteiger partial charge in [0.1, 0.15) is 5.75 Å². The average Bonchev–Trinajstić information content (AvgIpc) is 2.15.